The molecule has 2 heterocycles. The molecule has 1 unspecified atom stereocenters. The molecule has 2 aromatic heterocycles. The van der Waals surface area contributed by atoms with E-state index in [0.717, 1.165) is 5.56 Å². The third-order valence-electron chi connectivity index (χ3n) is 3.61. The number of aryl methyl sites for hydroxylation is 1. The van der Waals surface area contributed by atoms with Crippen LogP contribution >= 0.6 is 11.5 Å². The van der Waals surface area contributed by atoms with E-state index in [2.05, 4.69) is 14.6 Å². The molecule has 3 aromatic rings. The molecule has 0 saturated carbocycles. The molecular weight excluding hydrogens is 310 g/mol. The molecule has 0 aliphatic rings. The van der Waals surface area contributed by atoms with Crippen molar-refractivity contribution < 1.29 is 4.79 Å². The van der Waals surface area contributed by atoms with Gasteiger partial charge < -0.3 is 4.57 Å². The molecule has 0 aliphatic heterocycles. The Labute approximate surface area is 137 Å². The molecule has 0 radical (unpaired) electrons. The first-order valence-electron chi connectivity index (χ1n) is 6.93. The fourth-order valence-corrected chi connectivity index (χ4v) is 3.05. The predicted molar refractivity (Wildman–Crippen MR) is 86.0 cm³/mol. The summed E-state index contributed by atoms with van der Waals surface area (Å²) in [5.74, 6) is -0.343. The maximum absolute atomic E-state index is 12.6. The minimum atomic E-state index is -1.000. The van der Waals surface area contributed by atoms with E-state index >= 15 is 0 Å². The van der Waals surface area contributed by atoms with Gasteiger partial charge in [-0.2, -0.15) is 9.64 Å². The van der Waals surface area contributed by atoms with Gasteiger partial charge in [-0.3, -0.25) is 4.79 Å². The van der Waals surface area contributed by atoms with Crippen molar-refractivity contribution >= 4 is 17.3 Å². The van der Waals surface area contributed by atoms with E-state index in [0.29, 0.717) is 22.9 Å². The lowest BCUT2D eigenvalue weighted by Crippen LogP contribution is -2.16. The van der Waals surface area contributed by atoms with Crippen LogP contribution in [0.5, 0.6) is 0 Å². The summed E-state index contributed by atoms with van der Waals surface area (Å²) in [4.78, 5) is 12.6. The van der Waals surface area contributed by atoms with Crippen LogP contribution in [0.4, 0.5) is 0 Å². The van der Waals surface area contributed by atoms with Crippen molar-refractivity contribution in [2.24, 2.45) is 7.05 Å². The summed E-state index contributed by atoms with van der Waals surface area (Å²) in [5.41, 5.74) is 1.97. The third kappa shape index (κ3) is 2.64. The van der Waals surface area contributed by atoms with E-state index in [1.165, 1.54) is 11.5 Å². The number of hydrogen-bond donors (Lipinski definition) is 0. The molecule has 3 rings (SSSR count). The van der Waals surface area contributed by atoms with Crippen molar-refractivity contribution in [2.75, 3.05) is 0 Å². The first kappa shape index (κ1) is 15.1. The summed E-state index contributed by atoms with van der Waals surface area (Å²) in [7, 11) is 1.76. The van der Waals surface area contributed by atoms with Gasteiger partial charge in [-0.05, 0) is 18.5 Å². The minimum Gasteiger partial charge on any atom is -0.313 e. The van der Waals surface area contributed by atoms with Crippen LogP contribution in [-0.4, -0.2) is 24.9 Å². The lowest BCUT2D eigenvalue weighted by atomic mass is 9.99. The zero-order chi connectivity index (χ0) is 16.4. The van der Waals surface area contributed by atoms with E-state index in [4.69, 9.17) is 0 Å². The highest BCUT2D eigenvalue weighted by Crippen LogP contribution is 2.25. The summed E-state index contributed by atoms with van der Waals surface area (Å²) >= 11 is 1.20. The van der Waals surface area contributed by atoms with Crippen LogP contribution in [0, 0.1) is 18.3 Å². The van der Waals surface area contributed by atoms with Crippen molar-refractivity contribution in [3.63, 3.8) is 0 Å². The van der Waals surface area contributed by atoms with Gasteiger partial charge in [0, 0.05) is 18.0 Å². The predicted octanol–water partition coefficient (Wildman–Crippen LogP) is 2.74. The second-order valence-corrected chi connectivity index (χ2v) is 5.68. The van der Waals surface area contributed by atoms with Crippen LogP contribution in [0.2, 0.25) is 0 Å². The molecule has 0 spiro atoms. The third-order valence-corrected chi connectivity index (χ3v) is 4.33. The standard InChI is InChI=1S/C16H13N5OS/c1-10-13(9-23-20-10)14(22)12(8-17)16-19-18-15(21(16)2)11-6-4-3-5-7-11/h3-7,9,12H,1-2H3. The monoisotopic (exact) mass is 323 g/mol. The van der Waals surface area contributed by atoms with E-state index in [1.807, 2.05) is 36.4 Å². The Morgan fingerprint density at radius 3 is 2.65 bits per heavy atom. The number of benzene rings is 1. The molecule has 0 aliphatic carbocycles. The van der Waals surface area contributed by atoms with Crippen molar-refractivity contribution in [2.45, 2.75) is 12.8 Å². The van der Waals surface area contributed by atoms with Gasteiger partial charge >= 0.3 is 0 Å². The molecule has 0 fully saturated rings. The number of carbonyl (C=O) groups is 1. The summed E-state index contributed by atoms with van der Waals surface area (Å²) < 4.78 is 5.78. The van der Waals surface area contributed by atoms with Gasteiger partial charge in [-0.25, -0.2) is 0 Å². The van der Waals surface area contributed by atoms with Crippen molar-refractivity contribution in [3.8, 4) is 17.5 Å². The summed E-state index contributed by atoms with van der Waals surface area (Å²) in [6.07, 6.45) is 0. The number of nitrogens with zero attached hydrogens (tertiary/aromatic N) is 5. The summed E-state index contributed by atoms with van der Waals surface area (Å²) in [5, 5.41) is 19.4. The Hall–Kier alpha value is -2.85. The highest BCUT2D eigenvalue weighted by molar-refractivity contribution is 7.04. The molecule has 1 aromatic carbocycles. The number of aromatic nitrogens is 4. The lowest BCUT2D eigenvalue weighted by molar-refractivity contribution is 0.0974. The Bertz CT molecular complexity index is 891. The van der Waals surface area contributed by atoms with E-state index in [-0.39, 0.29) is 5.78 Å². The Morgan fingerprint density at radius 1 is 1.30 bits per heavy atom. The topological polar surface area (TPSA) is 84.5 Å². The SMILES string of the molecule is Cc1nscc1C(=O)C(C#N)c1nnc(-c2ccccc2)n1C. The molecule has 0 N–H and O–H groups in total. The zero-order valence-electron chi connectivity index (χ0n) is 12.6. The molecule has 6 nitrogen and oxygen atoms in total. The Kier molecular flexibility index (Phi) is 4.00. The number of Topliss-reactive ketones (excluding diaryl/α,β-unsaturated/α-hetero) is 1. The Balaban J connectivity index is 2.01. The number of hydrogen-bond acceptors (Lipinski definition) is 6. The first-order valence-corrected chi connectivity index (χ1v) is 7.76. The van der Waals surface area contributed by atoms with Gasteiger partial charge in [0.15, 0.2) is 23.3 Å². The fraction of sp³-hybridized carbons (Fsp3) is 0.188. The molecule has 23 heavy (non-hydrogen) atoms. The van der Waals surface area contributed by atoms with E-state index < -0.39 is 5.92 Å². The van der Waals surface area contributed by atoms with Crippen LogP contribution in [0.25, 0.3) is 11.4 Å². The quantitative estimate of drug-likeness (QED) is 0.689. The summed E-state index contributed by atoms with van der Waals surface area (Å²) in [6, 6.07) is 11.6. The van der Waals surface area contributed by atoms with Crippen LogP contribution in [-0.2, 0) is 7.05 Å². The normalized spacial score (nSPS) is 11.9. The zero-order valence-corrected chi connectivity index (χ0v) is 13.4. The highest BCUT2D eigenvalue weighted by Gasteiger charge is 2.29. The van der Waals surface area contributed by atoms with Gasteiger partial charge in [-0.15, -0.1) is 10.2 Å². The van der Waals surface area contributed by atoms with Crippen LogP contribution in [0.1, 0.15) is 27.8 Å². The average molecular weight is 323 g/mol. The molecule has 0 saturated heterocycles. The van der Waals surface area contributed by atoms with Gasteiger partial charge in [0.1, 0.15) is 0 Å². The first-order chi connectivity index (χ1) is 11.1. The number of carbonyl (C=O) groups excluding carboxylic acids is 1. The van der Waals surface area contributed by atoms with Crippen molar-refractivity contribution in [1.82, 2.24) is 19.1 Å². The van der Waals surface area contributed by atoms with Crippen LogP contribution < -0.4 is 0 Å². The molecule has 0 bridgehead atoms. The Morgan fingerprint density at radius 2 is 2.04 bits per heavy atom. The lowest BCUT2D eigenvalue weighted by Gasteiger charge is -2.08. The number of ketones is 1. The molecular formula is C16H13N5OS. The molecule has 1 atom stereocenters. The van der Waals surface area contributed by atoms with Gasteiger partial charge in [0.25, 0.3) is 0 Å². The highest BCUT2D eigenvalue weighted by atomic mass is 32.1. The van der Waals surface area contributed by atoms with Crippen LogP contribution in [0.15, 0.2) is 35.7 Å². The minimum absolute atomic E-state index is 0.297. The maximum atomic E-state index is 12.6. The number of rotatable bonds is 4. The van der Waals surface area contributed by atoms with Gasteiger partial charge in [0.05, 0.1) is 17.3 Å². The van der Waals surface area contributed by atoms with Crippen molar-refractivity contribution in [3.05, 3.63) is 52.8 Å². The fourth-order valence-electron chi connectivity index (χ4n) is 2.35. The molecule has 114 valence electrons. The average Bonchev–Trinajstić information content (AvgIpc) is 3.15. The van der Waals surface area contributed by atoms with E-state index in [1.54, 1.807) is 23.9 Å². The molecule has 0 amide bonds. The van der Waals surface area contributed by atoms with Gasteiger partial charge in [0.2, 0.25) is 0 Å². The second-order valence-electron chi connectivity index (χ2n) is 5.05. The summed E-state index contributed by atoms with van der Waals surface area (Å²) in [6.45, 7) is 1.75. The largest absolute Gasteiger partial charge is 0.313 e. The molecule has 7 heteroatoms. The van der Waals surface area contributed by atoms with E-state index in [9.17, 15) is 10.1 Å². The van der Waals surface area contributed by atoms with Crippen molar-refractivity contribution in [1.29, 1.82) is 5.26 Å². The van der Waals surface area contributed by atoms with Crippen LogP contribution in [0.3, 0.4) is 0 Å². The maximum Gasteiger partial charge on any atom is 0.190 e. The van der Waals surface area contributed by atoms with Gasteiger partial charge in [-0.1, -0.05) is 30.3 Å². The second kappa shape index (κ2) is 6.10. The smallest absolute Gasteiger partial charge is 0.190 e. The number of nitriles is 1.